The molecule has 0 atom stereocenters. The maximum Gasteiger partial charge on any atom is 0.253 e. The van der Waals surface area contributed by atoms with Crippen LogP contribution in [-0.4, -0.2) is 17.9 Å². The van der Waals surface area contributed by atoms with E-state index in [0.717, 1.165) is 11.1 Å². The van der Waals surface area contributed by atoms with Gasteiger partial charge in [0, 0.05) is 24.8 Å². The molecule has 104 valence electrons. The van der Waals surface area contributed by atoms with Gasteiger partial charge in [-0.1, -0.05) is 12.1 Å². The van der Waals surface area contributed by atoms with E-state index in [1.54, 1.807) is 36.2 Å². The molecule has 2 N–H and O–H groups in total. The van der Waals surface area contributed by atoms with Crippen LogP contribution in [-0.2, 0) is 6.54 Å². The van der Waals surface area contributed by atoms with Crippen molar-refractivity contribution < 1.29 is 9.18 Å². The van der Waals surface area contributed by atoms with Crippen LogP contribution in [0.15, 0.2) is 42.5 Å². The van der Waals surface area contributed by atoms with E-state index in [-0.39, 0.29) is 11.7 Å². The minimum atomic E-state index is -0.303. The van der Waals surface area contributed by atoms with Gasteiger partial charge in [0.2, 0.25) is 0 Å². The van der Waals surface area contributed by atoms with Crippen LogP contribution in [0.5, 0.6) is 0 Å². The first-order chi connectivity index (χ1) is 9.45. The predicted molar refractivity (Wildman–Crippen MR) is 77.8 cm³/mol. The Labute approximate surface area is 117 Å². The molecular formula is C16H17FN2O. The molecule has 4 heteroatoms. The molecule has 0 heterocycles. The fraction of sp³-hybridized carbons (Fsp3) is 0.188. The number of carbonyl (C=O) groups excluding carboxylic acids is 1. The first-order valence-electron chi connectivity index (χ1n) is 6.33. The summed E-state index contributed by atoms with van der Waals surface area (Å²) in [5.74, 6) is -0.437. The zero-order valence-corrected chi connectivity index (χ0v) is 11.6. The summed E-state index contributed by atoms with van der Waals surface area (Å²) in [6, 6.07) is 11.5. The number of nitrogens with two attached hydrogens (primary N) is 1. The summed E-state index contributed by atoms with van der Waals surface area (Å²) in [5, 5.41) is 0. The lowest BCUT2D eigenvalue weighted by atomic mass is 10.1. The smallest absolute Gasteiger partial charge is 0.253 e. The molecule has 3 nitrogen and oxygen atoms in total. The number of hydrogen-bond donors (Lipinski definition) is 1. The summed E-state index contributed by atoms with van der Waals surface area (Å²) in [7, 11) is 1.69. The molecule has 20 heavy (non-hydrogen) atoms. The number of benzene rings is 2. The monoisotopic (exact) mass is 272 g/mol. The van der Waals surface area contributed by atoms with Gasteiger partial charge in [-0.15, -0.1) is 0 Å². The third-order valence-electron chi connectivity index (χ3n) is 3.00. The Morgan fingerprint density at radius 2 is 2.00 bits per heavy atom. The number of amides is 1. The average molecular weight is 272 g/mol. The highest BCUT2D eigenvalue weighted by molar-refractivity contribution is 5.95. The van der Waals surface area contributed by atoms with Gasteiger partial charge in [0.15, 0.2) is 0 Å². The minimum Gasteiger partial charge on any atom is -0.399 e. The standard InChI is InChI=1S/C16H17FN2O/c1-11-6-13(9-15(18)7-11)16(20)19(2)10-12-4-3-5-14(17)8-12/h3-9H,10,18H2,1-2H3. The van der Waals surface area contributed by atoms with Gasteiger partial charge >= 0.3 is 0 Å². The molecule has 0 aliphatic carbocycles. The van der Waals surface area contributed by atoms with Crippen LogP contribution in [0.25, 0.3) is 0 Å². The van der Waals surface area contributed by atoms with E-state index >= 15 is 0 Å². The predicted octanol–water partition coefficient (Wildman–Crippen LogP) is 2.99. The molecule has 2 rings (SSSR count). The number of anilines is 1. The highest BCUT2D eigenvalue weighted by atomic mass is 19.1. The molecule has 0 radical (unpaired) electrons. The molecule has 0 fully saturated rings. The van der Waals surface area contributed by atoms with Crippen LogP contribution in [0, 0.1) is 12.7 Å². The minimum absolute atomic E-state index is 0.135. The fourth-order valence-electron chi connectivity index (χ4n) is 2.14. The fourth-order valence-corrected chi connectivity index (χ4v) is 2.14. The SMILES string of the molecule is Cc1cc(N)cc(C(=O)N(C)Cc2cccc(F)c2)c1. The van der Waals surface area contributed by atoms with E-state index in [1.165, 1.54) is 12.1 Å². The molecule has 0 unspecified atom stereocenters. The third kappa shape index (κ3) is 3.35. The Bertz CT molecular complexity index is 620. The Kier molecular flexibility index (Phi) is 4.03. The van der Waals surface area contributed by atoms with Gasteiger partial charge < -0.3 is 10.6 Å². The third-order valence-corrected chi connectivity index (χ3v) is 3.00. The van der Waals surface area contributed by atoms with Crippen molar-refractivity contribution in [1.29, 1.82) is 0 Å². The Balaban J connectivity index is 2.16. The van der Waals surface area contributed by atoms with Crippen LogP contribution in [0.2, 0.25) is 0 Å². The number of nitrogens with zero attached hydrogens (tertiary/aromatic N) is 1. The maximum absolute atomic E-state index is 13.1. The van der Waals surface area contributed by atoms with Crippen LogP contribution >= 0.6 is 0 Å². The summed E-state index contributed by atoms with van der Waals surface area (Å²) >= 11 is 0. The van der Waals surface area contributed by atoms with Gasteiger partial charge in [-0.2, -0.15) is 0 Å². The molecule has 0 aromatic heterocycles. The molecule has 0 saturated heterocycles. The van der Waals surface area contributed by atoms with Gasteiger partial charge in [-0.25, -0.2) is 4.39 Å². The van der Waals surface area contributed by atoms with Crippen LogP contribution in [0.3, 0.4) is 0 Å². The van der Waals surface area contributed by atoms with E-state index in [4.69, 9.17) is 5.73 Å². The lowest BCUT2D eigenvalue weighted by Gasteiger charge is -2.18. The second kappa shape index (κ2) is 5.74. The lowest BCUT2D eigenvalue weighted by Crippen LogP contribution is -2.26. The summed E-state index contributed by atoms with van der Waals surface area (Å²) in [4.78, 5) is 13.9. The molecule has 2 aromatic carbocycles. The largest absolute Gasteiger partial charge is 0.399 e. The first-order valence-corrected chi connectivity index (χ1v) is 6.33. The molecular weight excluding hydrogens is 255 g/mol. The molecule has 0 aliphatic heterocycles. The van der Waals surface area contributed by atoms with Gasteiger partial charge in [-0.05, 0) is 48.4 Å². The summed E-state index contributed by atoms with van der Waals surface area (Å²) in [6.07, 6.45) is 0. The van der Waals surface area contributed by atoms with Gasteiger partial charge in [0.05, 0.1) is 0 Å². The Morgan fingerprint density at radius 3 is 2.65 bits per heavy atom. The zero-order chi connectivity index (χ0) is 14.7. The first kappa shape index (κ1) is 14.1. The number of carbonyl (C=O) groups is 1. The van der Waals surface area contributed by atoms with Crippen molar-refractivity contribution in [3.63, 3.8) is 0 Å². The highest BCUT2D eigenvalue weighted by Crippen LogP contribution is 2.14. The van der Waals surface area contributed by atoms with Crippen LogP contribution < -0.4 is 5.73 Å². The molecule has 0 aliphatic rings. The van der Waals surface area contributed by atoms with E-state index in [9.17, 15) is 9.18 Å². The van der Waals surface area contributed by atoms with E-state index in [1.807, 2.05) is 13.0 Å². The average Bonchev–Trinajstić information content (AvgIpc) is 2.36. The van der Waals surface area contributed by atoms with Crippen molar-refractivity contribution in [1.82, 2.24) is 4.90 Å². The molecule has 1 amide bonds. The Morgan fingerprint density at radius 1 is 1.25 bits per heavy atom. The Hall–Kier alpha value is -2.36. The van der Waals surface area contributed by atoms with Crippen molar-refractivity contribution in [2.75, 3.05) is 12.8 Å². The molecule has 0 bridgehead atoms. The molecule has 0 spiro atoms. The van der Waals surface area contributed by atoms with Gasteiger partial charge in [0.25, 0.3) is 5.91 Å². The number of aryl methyl sites for hydroxylation is 1. The van der Waals surface area contributed by atoms with Crippen molar-refractivity contribution in [2.24, 2.45) is 0 Å². The lowest BCUT2D eigenvalue weighted by molar-refractivity contribution is 0.0785. The highest BCUT2D eigenvalue weighted by Gasteiger charge is 2.13. The molecule has 0 saturated carbocycles. The van der Waals surface area contributed by atoms with Crippen molar-refractivity contribution in [3.05, 3.63) is 65.0 Å². The van der Waals surface area contributed by atoms with E-state index in [2.05, 4.69) is 0 Å². The maximum atomic E-state index is 13.1. The van der Waals surface area contributed by atoms with Gasteiger partial charge in [-0.3, -0.25) is 4.79 Å². The number of hydrogen-bond acceptors (Lipinski definition) is 2. The van der Waals surface area contributed by atoms with Crippen LogP contribution in [0.4, 0.5) is 10.1 Å². The van der Waals surface area contributed by atoms with Crippen molar-refractivity contribution >= 4 is 11.6 Å². The second-order valence-corrected chi connectivity index (χ2v) is 4.92. The second-order valence-electron chi connectivity index (χ2n) is 4.92. The van der Waals surface area contributed by atoms with E-state index in [0.29, 0.717) is 17.8 Å². The zero-order valence-electron chi connectivity index (χ0n) is 11.6. The van der Waals surface area contributed by atoms with Crippen LogP contribution in [0.1, 0.15) is 21.5 Å². The quantitative estimate of drug-likeness (QED) is 0.873. The summed E-state index contributed by atoms with van der Waals surface area (Å²) in [6.45, 7) is 2.24. The number of rotatable bonds is 3. The molecule has 2 aromatic rings. The van der Waals surface area contributed by atoms with Crippen molar-refractivity contribution in [3.8, 4) is 0 Å². The summed E-state index contributed by atoms with van der Waals surface area (Å²) < 4.78 is 13.1. The topological polar surface area (TPSA) is 46.3 Å². The summed E-state index contributed by atoms with van der Waals surface area (Å²) in [5.41, 5.74) is 8.54. The number of halogens is 1. The normalized spacial score (nSPS) is 10.3. The van der Waals surface area contributed by atoms with Crippen molar-refractivity contribution in [2.45, 2.75) is 13.5 Å². The number of nitrogen functional groups attached to an aromatic ring is 1. The van der Waals surface area contributed by atoms with Gasteiger partial charge in [0.1, 0.15) is 5.82 Å². The van der Waals surface area contributed by atoms with E-state index < -0.39 is 0 Å².